The molecule has 1 fully saturated rings. The largest absolute Gasteiger partial charge is 0.505 e. The molecule has 0 amide bonds. The summed E-state index contributed by atoms with van der Waals surface area (Å²) in [7, 11) is 0. The number of fused-ring (bicyclic) bond motifs is 1. The van der Waals surface area contributed by atoms with Crippen molar-refractivity contribution >= 4 is 22.7 Å². The number of aromatic hydroxyl groups is 1. The van der Waals surface area contributed by atoms with Gasteiger partial charge in [-0.2, -0.15) is 5.10 Å². The van der Waals surface area contributed by atoms with Gasteiger partial charge in [0.15, 0.2) is 23.1 Å². The van der Waals surface area contributed by atoms with Gasteiger partial charge in [-0.25, -0.2) is 18.3 Å². The molecule has 0 unspecified atom stereocenters. The van der Waals surface area contributed by atoms with Crippen LogP contribution < -0.4 is 15.8 Å². The number of phenolic OH excluding ortho intramolecular Hbond substituents is 1. The van der Waals surface area contributed by atoms with Gasteiger partial charge in [-0.1, -0.05) is 44.2 Å². The van der Waals surface area contributed by atoms with Crippen LogP contribution >= 0.6 is 0 Å². The van der Waals surface area contributed by atoms with E-state index in [0.717, 1.165) is 28.7 Å². The summed E-state index contributed by atoms with van der Waals surface area (Å²) in [5.74, 6) is -1.33. The number of anilines is 1. The topological polar surface area (TPSA) is 106 Å². The van der Waals surface area contributed by atoms with E-state index >= 15 is 4.39 Å². The molecule has 0 spiro atoms. The summed E-state index contributed by atoms with van der Waals surface area (Å²) in [4.78, 5) is 4.56. The van der Waals surface area contributed by atoms with Gasteiger partial charge in [0.2, 0.25) is 0 Å². The van der Waals surface area contributed by atoms with Gasteiger partial charge in [-0.05, 0) is 65.8 Å². The molecule has 45 heavy (non-hydrogen) atoms. The lowest BCUT2D eigenvalue weighted by atomic mass is 9.99. The van der Waals surface area contributed by atoms with Crippen molar-refractivity contribution in [1.82, 2.24) is 9.61 Å². The maximum absolute atomic E-state index is 15.4. The number of benzene rings is 3. The van der Waals surface area contributed by atoms with Gasteiger partial charge in [0.1, 0.15) is 12.4 Å². The van der Waals surface area contributed by atoms with E-state index in [4.69, 9.17) is 15.2 Å². The van der Waals surface area contributed by atoms with E-state index in [9.17, 15) is 9.50 Å². The van der Waals surface area contributed by atoms with E-state index in [2.05, 4.69) is 15.4 Å². The van der Waals surface area contributed by atoms with E-state index in [1.54, 1.807) is 16.8 Å². The molecule has 3 heterocycles. The molecular weight excluding hydrogens is 576 g/mol. The van der Waals surface area contributed by atoms with Crippen LogP contribution in [-0.2, 0) is 24.2 Å². The molecular formula is C35H35F2N5O3. The summed E-state index contributed by atoms with van der Waals surface area (Å²) >= 11 is 0. The van der Waals surface area contributed by atoms with Crippen LogP contribution in [0.5, 0.6) is 11.5 Å². The Hall–Kier alpha value is -4.96. The molecule has 8 nitrogen and oxygen atoms in total. The van der Waals surface area contributed by atoms with Gasteiger partial charge in [0, 0.05) is 24.4 Å². The minimum atomic E-state index is -0.777. The van der Waals surface area contributed by atoms with Crippen molar-refractivity contribution in [3.63, 3.8) is 0 Å². The highest BCUT2D eigenvalue weighted by molar-refractivity contribution is 6.06. The Kier molecular flexibility index (Phi) is 8.66. The lowest BCUT2D eigenvalue weighted by Gasteiger charge is -2.17. The van der Waals surface area contributed by atoms with E-state index in [-0.39, 0.29) is 24.2 Å². The highest BCUT2D eigenvalue weighted by Gasteiger charge is 2.22. The predicted octanol–water partition coefficient (Wildman–Crippen LogP) is 6.93. The number of nitrogens with two attached hydrogens (primary N) is 1. The average Bonchev–Trinajstić information content (AvgIpc) is 3.73. The van der Waals surface area contributed by atoms with E-state index in [1.165, 1.54) is 18.2 Å². The molecule has 3 aromatic carbocycles. The molecule has 2 aromatic heterocycles. The molecule has 4 N–H and O–H groups in total. The molecule has 0 aliphatic carbocycles. The van der Waals surface area contributed by atoms with Crippen molar-refractivity contribution in [1.29, 1.82) is 0 Å². The van der Waals surface area contributed by atoms with Crippen LogP contribution in [0.15, 0.2) is 78.0 Å². The Balaban J connectivity index is 1.41. The Morgan fingerprint density at radius 2 is 1.89 bits per heavy atom. The maximum atomic E-state index is 15.4. The Morgan fingerprint density at radius 3 is 2.62 bits per heavy atom. The molecule has 0 saturated carbocycles. The first-order valence-corrected chi connectivity index (χ1v) is 15.1. The molecule has 1 atom stereocenters. The zero-order valence-corrected chi connectivity index (χ0v) is 25.2. The summed E-state index contributed by atoms with van der Waals surface area (Å²) in [5, 5.41) is 18.0. The summed E-state index contributed by atoms with van der Waals surface area (Å²) in [5.41, 5.74) is 12.9. The molecule has 1 saturated heterocycles. The normalized spacial score (nSPS) is 15.1. The van der Waals surface area contributed by atoms with E-state index in [0.29, 0.717) is 54.1 Å². The lowest BCUT2D eigenvalue weighted by molar-refractivity contribution is 0.195. The number of aromatic nitrogens is 2. The van der Waals surface area contributed by atoms with Crippen molar-refractivity contribution in [2.45, 2.75) is 45.8 Å². The third-order valence-electron chi connectivity index (χ3n) is 8.05. The number of hydrogen-bond acceptors (Lipinski definition) is 6. The van der Waals surface area contributed by atoms with Crippen LogP contribution in [0.3, 0.4) is 0 Å². The number of nitrogens with zero attached hydrogens (tertiary/aromatic N) is 3. The number of halogens is 2. The number of aryl methyl sites for hydroxylation is 2. The van der Waals surface area contributed by atoms with Crippen LogP contribution in [0.2, 0.25) is 0 Å². The van der Waals surface area contributed by atoms with Crippen LogP contribution in [0.4, 0.5) is 20.2 Å². The van der Waals surface area contributed by atoms with Crippen molar-refractivity contribution in [3.05, 3.63) is 107 Å². The molecule has 5 aromatic rings. The number of rotatable bonds is 10. The summed E-state index contributed by atoms with van der Waals surface area (Å²) in [6.07, 6.45) is 5.45. The second-order valence-corrected chi connectivity index (χ2v) is 11.0. The Labute approximate surface area is 260 Å². The van der Waals surface area contributed by atoms with Crippen LogP contribution in [-0.4, -0.2) is 39.8 Å². The second kappa shape index (κ2) is 13.0. The number of amidine groups is 1. The smallest absolute Gasteiger partial charge is 0.166 e. The number of ether oxygens (including phenoxy) is 2. The minimum absolute atomic E-state index is 0.0307. The molecule has 1 aliphatic heterocycles. The van der Waals surface area contributed by atoms with Crippen molar-refractivity contribution in [2.24, 2.45) is 10.7 Å². The molecule has 0 bridgehead atoms. The maximum Gasteiger partial charge on any atom is 0.166 e. The third-order valence-corrected chi connectivity index (χ3v) is 8.05. The predicted molar refractivity (Wildman–Crippen MR) is 171 cm³/mol. The SMILES string of the molecule is CCc1cc(O)c(F)cc1/N=C(\N)c1cnn2cc(-c3cc(F)c(OCc4ccccc4)cc3CC)cc2c1N[C@H]1CCOC1. The van der Waals surface area contributed by atoms with Gasteiger partial charge < -0.3 is 25.6 Å². The summed E-state index contributed by atoms with van der Waals surface area (Å²) in [6, 6.07) is 17.4. The molecule has 6 rings (SSSR count). The lowest BCUT2D eigenvalue weighted by Crippen LogP contribution is -2.24. The van der Waals surface area contributed by atoms with Gasteiger partial charge in [-0.15, -0.1) is 0 Å². The van der Waals surface area contributed by atoms with Crippen molar-refractivity contribution in [3.8, 4) is 22.6 Å². The van der Waals surface area contributed by atoms with Crippen molar-refractivity contribution in [2.75, 3.05) is 18.5 Å². The minimum Gasteiger partial charge on any atom is -0.505 e. The fraction of sp³-hybridized carbons (Fsp3) is 0.257. The second-order valence-electron chi connectivity index (χ2n) is 11.0. The average molecular weight is 612 g/mol. The van der Waals surface area contributed by atoms with Crippen molar-refractivity contribution < 1.29 is 23.4 Å². The number of phenols is 1. The van der Waals surface area contributed by atoms with Gasteiger partial charge in [0.25, 0.3) is 0 Å². The van der Waals surface area contributed by atoms with Gasteiger partial charge in [-0.3, -0.25) is 0 Å². The van der Waals surface area contributed by atoms with Crippen LogP contribution in [0, 0.1) is 11.6 Å². The fourth-order valence-electron chi connectivity index (χ4n) is 5.58. The first-order chi connectivity index (χ1) is 21.8. The third kappa shape index (κ3) is 6.32. The zero-order valence-electron chi connectivity index (χ0n) is 25.2. The first-order valence-electron chi connectivity index (χ1n) is 15.1. The Morgan fingerprint density at radius 1 is 1.09 bits per heavy atom. The number of aliphatic imine (C=N–C) groups is 1. The highest BCUT2D eigenvalue weighted by atomic mass is 19.1. The Bertz CT molecular complexity index is 1870. The monoisotopic (exact) mass is 611 g/mol. The molecule has 10 heteroatoms. The highest BCUT2D eigenvalue weighted by Crippen LogP contribution is 2.35. The van der Waals surface area contributed by atoms with E-state index < -0.39 is 17.4 Å². The zero-order chi connectivity index (χ0) is 31.5. The van der Waals surface area contributed by atoms with E-state index in [1.807, 2.05) is 56.4 Å². The summed E-state index contributed by atoms with van der Waals surface area (Å²) < 4.78 is 42.9. The summed E-state index contributed by atoms with van der Waals surface area (Å²) in [6.45, 7) is 5.33. The number of hydrogen-bond donors (Lipinski definition) is 3. The standard InChI is InChI=1S/C35H35F2N5O3/c1-3-22-14-33(45-19-21-8-6-5-7-9-21)29(37)15-26(22)24-12-31-34(40-25-10-11-44-20-25)27(17-39-42(31)18-24)35(38)41-30-16-28(36)32(43)13-23(30)4-2/h5-9,12-18,25,40,43H,3-4,10-11,19-20H2,1-2H3,(H2,38,41)/t25-/m0/s1. The fourth-order valence-corrected chi connectivity index (χ4v) is 5.58. The number of nitrogens with one attached hydrogen (secondary N) is 1. The molecule has 0 radical (unpaired) electrons. The quantitative estimate of drug-likeness (QED) is 0.117. The van der Waals surface area contributed by atoms with Crippen LogP contribution in [0.25, 0.3) is 16.6 Å². The molecule has 232 valence electrons. The van der Waals surface area contributed by atoms with Gasteiger partial charge >= 0.3 is 0 Å². The van der Waals surface area contributed by atoms with Crippen LogP contribution in [0.1, 0.15) is 42.5 Å². The first kappa shape index (κ1) is 30.1. The van der Waals surface area contributed by atoms with Gasteiger partial charge in [0.05, 0.1) is 41.3 Å². The molecule has 1 aliphatic rings.